The number of benzene rings is 1. The van der Waals surface area contributed by atoms with Crippen molar-refractivity contribution in [2.24, 2.45) is 0 Å². The second-order valence-electron chi connectivity index (χ2n) is 11.0. The van der Waals surface area contributed by atoms with Crippen LogP contribution in [0.5, 0.6) is 0 Å². The zero-order valence-corrected chi connectivity index (χ0v) is 23.7. The van der Waals surface area contributed by atoms with Crippen LogP contribution in [0.1, 0.15) is 44.8 Å². The monoisotopic (exact) mass is 560 g/mol. The lowest BCUT2D eigenvalue weighted by molar-refractivity contribution is -0.120. The third kappa shape index (κ3) is 6.78. The van der Waals surface area contributed by atoms with E-state index in [1.165, 1.54) is 18.3 Å². The number of likely N-dealkylation sites (N-methyl/N-ethyl adjacent to an activating group) is 2. The van der Waals surface area contributed by atoms with E-state index < -0.39 is 5.78 Å². The topological polar surface area (TPSA) is 89.1 Å². The molecular formula is C31H37FN6O3. The Labute approximate surface area is 240 Å². The van der Waals surface area contributed by atoms with Crippen molar-refractivity contribution in [1.29, 1.82) is 0 Å². The fraction of sp³-hybridized carbons (Fsp3) is 0.419. The molecule has 10 heteroatoms. The van der Waals surface area contributed by atoms with Crippen LogP contribution in [0.25, 0.3) is 12.2 Å². The minimum atomic E-state index is -0.423. The van der Waals surface area contributed by atoms with E-state index in [1.54, 1.807) is 30.4 Å². The number of ketones is 2. The molecule has 0 unspecified atom stereocenters. The number of rotatable bonds is 8. The molecule has 216 valence electrons. The van der Waals surface area contributed by atoms with Gasteiger partial charge in [0, 0.05) is 65.0 Å². The standard InChI is InChI=1S/C31H37FN6O3/c1-35-14-18-37(19-15-35)13-3-4-25(39)34-28-29(38-20-16-36(2)17-21-38)31(41)27-26(30(28)40)23(11-12-33-27)8-5-22-6-9-24(32)10-7-22/h5-12H,3-4,13-21H2,1-2H3,(H,34,39)/b8-5+. The van der Waals surface area contributed by atoms with E-state index in [0.717, 1.165) is 51.4 Å². The number of carbonyl (C=O) groups excluding carboxylic acids is 3. The first kappa shape index (κ1) is 28.8. The normalized spacial score (nSPS) is 19.2. The van der Waals surface area contributed by atoms with E-state index in [0.29, 0.717) is 25.1 Å². The lowest BCUT2D eigenvalue weighted by atomic mass is 9.89. The van der Waals surface area contributed by atoms with Gasteiger partial charge in [-0.2, -0.15) is 0 Å². The summed E-state index contributed by atoms with van der Waals surface area (Å²) in [5, 5.41) is 2.85. The quantitative estimate of drug-likeness (QED) is 0.527. The number of aromatic nitrogens is 1. The number of pyridine rings is 1. The van der Waals surface area contributed by atoms with Crippen molar-refractivity contribution < 1.29 is 18.8 Å². The number of halogens is 1. The Morgan fingerprint density at radius 2 is 1.56 bits per heavy atom. The first-order valence-corrected chi connectivity index (χ1v) is 14.2. The highest BCUT2D eigenvalue weighted by Crippen LogP contribution is 2.30. The van der Waals surface area contributed by atoms with Crippen LogP contribution in [-0.2, 0) is 4.79 Å². The van der Waals surface area contributed by atoms with Crippen LogP contribution in [0.4, 0.5) is 4.39 Å². The van der Waals surface area contributed by atoms with Crippen LogP contribution >= 0.6 is 0 Å². The maximum absolute atomic E-state index is 14.0. The molecule has 3 heterocycles. The van der Waals surface area contributed by atoms with Crippen molar-refractivity contribution in [3.05, 3.63) is 76.1 Å². The molecule has 1 amide bonds. The van der Waals surface area contributed by atoms with Gasteiger partial charge in [-0.1, -0.05) is 24.3 Å². The lowest BCUT2D eigenvalue weighted by Crippen LogP contribution is -2.48. The lowest BCUT2D eigenvalue weighted by Gasteiger charge is -2.37. The molecule has 9 nitrogen and oxygen atoms in total. The van der Waals surface area contributed by atoms with Crippen molar-refractivity contribution in [2.45, 2.75) is 12.8 Å². The van der Waals surface area contributed by atoms with Crippen molar-refractivity contribution in [3.63, 3.8) is 0 Å². The van der Waals surface area contributed by atoms with Crippen LogP contribution in [-0.4, -0.2) is 115 Å². The maximum Gasteiger partial charge on any atom is 0.230 e. The number of fused-ring (bicyclic) bond motifs is 1. The summed E-state index contributed by atoms with van der Waals surface area (Å²) in [7, 11) is 4.12. The molecule has 1 aliphatic carbocycles. The van der Waals surface area contributed by atoms with Gasteiger partial charge < -0.3 is 24.9 Å². The summed E-state index contributed by atoms with van der Waals surface area (Å²) in [6, 6.07) is 7.65. The van der Waals surface area contributed by atoms with E-state index in [4.69, 9.17) is 0 Å². The van der Waals surface area contributed by atoms with Crippen molar-refractivity contribution >= 4 is 29.6 Å². The summed E-state index contributed by atoms with van der Waals surface area (Å²) in [6.07, 6.45) is 5.90. The van der Waals surface area contributed by atoms with Gasteiger partial charge in [-0.05, 0) is 56.4 Å². The molecule has 2 aliphatic heterocycles. The second kappa shape index (κ2) is 12.8. The number of hydrogen-bond acceptors (Lipinski definition) is 8. The Bertz CT molecular complexity index is 1360. The van der Waals surface area contributed by atoms with Crippen molar-refractivity contribution in [1.82, 2.24) is 29.9 Å². The molecule has 1 aromatic carbocycles. The molecule has 0 bridgehead atoms. The van der Waals surface area contributed by atoms with Crippen LogP contribution in [0.2, 0.25) is 0 Å². The molecule has 2 fully saturated rings. The molecule has 0 atom stereocenters. The van der Waals surface area contributed by atoms with E-state index in [9.17, 15) is 18.8 Å². The van der Waals surface area contributed by atoms with Gasteiger partial charge in [0.15, 0.2) is 0 Å². The van der Waals surface area contributed by atoms with Gasteiger partial charge in [0.2, 0.25) is 17.5 Å². The van der Waals surface area contributed by atoms with Crippen molar-refractivity contribution in [3.8, 4) is 0 Å². The minimum Gasteiger partial charge on any atom is -0.364 e. The van der Waals surface area contributed by atoms with Gasteiger partial charge >= 0.3 is 0 Å². The number of Topliss-reactive ketones (excluding diaryl/α,β-unsaturated/α-hetero) is 2. The van der Waals surface area contributed by atoms with Gasteiger partial charge in [-0.25, -0.2) is 4.39 Å². The second-order valence-corrected chi connectivity index (χ2v) is 11.0. The van der Waals surface area contributed by atoms with Gasteiger partial charge in [0.05, 0.1) is 5.56 Å². The van der Waals surface area contributed by atoms with Crippen molar-refractivity contribution in [2.75, 3.05) is 73.0 Å². The number of amides is 1. The fourth-order valence-corrected chi connectivity index (χ4v) is 5.43. The molecule has 41 heavy (non-hydrogen) atoms. The van der Waals surface area contributed by atoms with Crippen LogP contribution in [0.15, 0.2) is 47.9 Å². The molecule has 0 radical (unpaired) electrons. The average molecular weight is 561 g/mol. The molecule has 1 N–H and O–H groups in total. The first-order chi connectivity index (χ1) is 19.8. The molecule has 2 saturated heterocycles. The number of carbonyl (C=O) groups is 3. The van der Waals surface area contributed by atoms with Gasteiger partial charge in [0.1, 0.15) is 22.9 Å². The number of hydrogen-bond donors (Lipinski definition) is 1. The maximum atomic E-state index is 14.0. The Morgan fingerprint density at radius 1 is 0.902 bits per heavy atom. The van der Waals surface area contributed by atoms with E-state index in [-0.39, 0.29) is 46.6 Å². The van der Waals surface area contributed by atoms with Gasteiger partial charge in [-0.15, -0.1) is 0 Å². The Morgan fingerprint density at radius 3 is 2.24 bits per heavy atom. The summed E-state index contributed by atoms with van der Waals surface area (Å²) < 4.78 is 13.3. The van der Waals surface area contributed by atoms with E-state index in [1.807, 2.05) is 11.9 Å². The third-order valence-electron chi connectivity index (χ3n) is 7.99. The summed E-state index contributed by atoms with van der Waals surface area (Å²) in [5.41, 5.74) is 1.75. The highest BCUT2D eigenvalue weighted by Gasteiger charge is 2.39. The number of piperazine rings is 2. The Balaban J connectivity index is 1.39. The van der Waals surface area contributed by atoms with Crippen LogP contribution in [0, 0.1) is 5.82 Å². The highest BCUT2D eigenvalue weighted by molar-refractivity contribution is 6.27. The van der Waals surface area contributed by atoms with Crippen LogP contribution < -0.4 is 5.32 Å². The Hall–Kier alpha value is -3.73. The Kier molecular flexibility index (Phi) is 9.02. The molecule has 3 aliphatic rings. The zero-order chi connectivity index (χ0) is 28.9. The molecule has 2 aromatic rings. The predicted octanol–water partition coefficient (Wildman–Crippen LogP) is 2.37. The van der Waals surface area contributed by atoms with Gasteiger partial charge in [0.25, 0.3) is 0 Å². The SMILES string of the molecule is CN1CCN(CCCC(=O)NC2=C(N3CCN(C)CC3)C(=O)c3nccc(/C=C/c4ccc(F)cc4)c3C2=O)CC1. The minimum absolute atomic E-state index is 0.0288. The summed E-state index contributed by atoms with van der Waals surface area (Å²) in [4.78, 5) is 54.1. The van der Waals surface area contributed by atoms with E-state index >= 15 is 0 Å². The molecule has 0 saturated carbocycles. The predicted molar refractivity (Wildman–Crippen MR) is 156 cm³/mol. The number of nitrogens with zero attached hydrogens (tertiary/aromatic N) is 5. The molecule has 0 spiro atoms. The summed E-state index contributed by atoms with van der Waals surface area (Å²) in [5.74, 6) is -1.41. The average Bonchev–Trinajstić information content (AvgIpc) is 2.97. The molecule has 5 rings (SSSR count). The van der Waals surface area contributed by atoms with E-state index in [2.05, 4.69) is 32.0 Å². The molecule has 1 aromatic heterocycles. The third-order valence-corrected chi connectivity index (χ3v) is 7.99. The first-order valence-electron chi connectivity index (χ1n) is 14.2. The summed E-state index contributed by atoms with van der Waals surface area (Å²) in [6.45, 7) is 7.37. The fourth-order valence-electron chi connectivity index (χ4n) is 5.43. The molecular weight excluding hydrogens is 523 g/mol. The van der Waals surface area contributed by atoms with Gasteiger partial charge in [-0.3, -0.25) is 19.4 Å². The van der Waals surface area contributed by atoms with Crippen LogP contribution in [0.3, 0.4) is 0 Å². The summed E-state index contributed by atoms with van der Waals surface area (Å²) >= 11 is 0. The zero-order valence-electron chi connectivity index (χ0n) is 23.7. The smallest absolute Gasteiger partial charge is 0.230 e. The highest BCUT2D eigenvalue weighted by atomic mass is 19.1. The number of nitrogens with one attached hydrogen (secondary N) is 1. The largest absolute Gasteiger partial charge is 0.364 e. The number of allylic oxidation sites excluding steroid dienone is 2.